The van der Waals surface area contributed by atoms with Crippen molar-refractivity contribution in [2.75, 3.05) is 18.9 Å². The molecule has 0 N–H and O–H groups in total. The van der Waals surface area contributed by atoms with Crippen molar-refractivity contribution < 1.29 is 9.53 Å². The van der Waals surface area contributed by atoms with Crippen molar-refractivity contribution in [3.63, 3.8) is 0 Å². The molecule has 1 aromatic rings. The fraction of sp³-hybridized carbons (Fsp3) is 0.750. The summed E-state index contributed by atoms with van der Waals surface area (Å²) in [6, 6.07) is 0.282. The summed E-state index contributed by atoms with van der Waals surface area (Å²) in [6.45, 7) is 9.86. The minimum atomic E-state index is -0.137. The van der Waals surface area contributed by atoms with Crippen molar-refractivity contribution in [1.29, 1.82) is 0 Å². The lowest BCUT2D eigenvalue weighted by Crippen LogP contribution is -2.48. The molecule has 0 aliphatic carbocycles. The van der Waals surface area contributed by atoms with Crippen LogP contribution in [-0.2, 0) is 16.0 Å². The second-order valence-electron chi connectivity index (χ2n) is 6.15. The van der Waals surface area contributed by atoms with Gasteiger partial charge in [0.25, 0.3) is 0 Å². The molecule has 22 heavy (non-hydrogen) atoms. The van der Waals surface area contributed by atoms with Gasteiger partial charge in [0.15, 0.2) is 0 Å². The van der Waals surface area contributed by atoms with E-state index in [1.54, 1.807) is 23.1 Å². The SMILES string of the molecule is CCSc1nc(CC(=O)N(CC)[C@@H]2CCOC(C)(C)C2)cs1. The number of carbonyl (C=O) groups excluding carboxylic acids is 1. The second kappa shape index (κ2) is 7.79. The Kier molecular flexibility index (Phi) is 6.29. The van der Waals surface area contributed by atoms with Crippen LogP contribution >= 0.6 is 23.1 Å². The first-order valence-electron chi connectivity index (χ1n) is 7.95. The molecule has 0 unspecified atom stereocenters. The zero-order valence-corrected chi connectivity index (χ0v) is 15.6. The highest BCUT2D eigenvalue weighted by Crippen LogP contribution is 2.28. The summed E-state index contributed by atoms with van der Waals surface area (Å²) in [4.78, 5) is 19.2. The van der Waals surface area contributed by atoms with Crippen LogP contribution in [0.2, 0.25) is 0 Å². The predicted molar refractivity (Wildman–Crippen MR) is 92.7 cm³/mol. The molecule has 4 nitrogen and oxygen atoms in total. The topological polar surface area (TPSA) is 42.4 Å². The zero-order valence-electron chi connectivity index (χ0n) is 13.9. The zero-order chi connectivity index (χ0) is 16.2. The molecule has 1 saturated heterocycles. The Morgan fingerprint density at radius 1 is 1.55 bits per heavy atom. The van der Waals surface area contributed by atoms with E-state index in [2.05, 4.69) is 32.7 Å². The molecule has 1 aromatic heterocycles. The van der Waals surface area contributed by atoms with Gasteiger partial charge in [-0.25, -0.2) is 4.98 Å². The Bertz CT molecular complexity index is 502. The molecule has 0 spiro atoms. The number of thioether (sulfide) groups is 1. The molecule has 0 saturated carbocycles. The average molecular weight is 343 g/mol. The van der Waals surface area contributed by atoms with Gasteiger partial charge in [-0.1, -0.05) is 18.7 Å². The van der Waals surface area contributed by atoms with Crippen LogP contribution in [0.25, 0.3) is 0 Å². The van der Waals surface area contributed by atoms with Crippen molar-refractivity contribution in [3.8, 4) is 0 Å². The van der Waals surface area contributed by atoms with Gasteiger partial charge in [-0.2, -0.15) is 0 Å². The Morgan fingerprint density at radius 2 is 2.32 bits per heavy atom. The molecule has 2 rings (SSSR count). The number of amides is 1. The molecule has 0 radical (unpaired) electrons. The Morgan fingerprint density at radius 3 is 2.95 bits per heavy atom. The summed E-state index contributed by atoms with van der Waals surface area (Å²) in [5.41, 5.74) is 0.762. The molecule has 1 aliphatic heterocycles. The van der Waals surface area contributed by atoms with Gasteiger partial charge in [0.05, 0.1) is 17.7 Å². The maximum atomic E-state index is 12.7. The molecule has 1 aliphatic rings. The molecule has 0 bridgehead atoms. The standard InChI is InChI=1S/C16H26N2O2S2/c1-5-18(13-7-8-20-16(3,4)10-13)14(19)9-12-11-22-15(17-12)21-6-2/h11,13H,5-10H2,1-4H3/t13-/m1/s1. The minimum Gasteiger partial charge on any atom is -0.375 e. The van der Waals surface area contributed by atoms with Gasteiger partial charge in [-0.15, -0.1) is 11.3 Å². The highest BCUT2D eigenvalue weighted by Gasteiger charge is 2.33. The van der Waals surface area contributed by atoms with Crippen LogP contribution in [0.5, 0.6) is 0 Å². The van der Waals surface area contributed by atoms with Crippen LogP contribution in [0, 0.1) is 0 Å². The average Bonchev–Trinajstić information content (AvgIpc) is 2.86. The van der Waals surface area contributed by atoms with Crippen LogP contribution in [0.4, 0.5) is 0 Å². The van der Waals surface area contributed by atoms with Gasteiger partial charge in [0, 0.05) is 24.6 Å². The van der Waals surface area contributed by atoms with E-state index >= 15 is 0 Å². The highest BCUT2D eigenvalue weighted by molar-refractivity contribution is 8.00. The predicted octanol–water partition coefficient (Wildman–Crippen LogP) is 3.60. The molecular weight excluding hydrogens is 316 g/mol. The van der Waals surface area contributed by atoms with Gasteiger partial charge < -0.3 is 9.64 Å². The highest BCUT2D eigenvalue weighted by atomic mass is 32.2. The molecule has 2 heterocycles. The Labute approximate surface area is 141 Å². The lowest BCUT2D eigenvalue weighted by Gasteiger charge is -2.41. The van der Waals surface area contributed by atoms with Crippen LogP contribution in [-0.4, -0.2) is 46.3 Å². The van der Waals surface area contributed by atoms with Crippen molar-refractivity contribution in [2.45, 2.75) is 62.9 Å². The van der Waals surface area contributed by atoms with Gasteiger partial charge in [-0.3, -0.25) is 4.79 Å². The second-order valence-corrected chi connectivity index (χ2v) is 8.52. The number of nitrogens with zero attached hydrogens (tertiary/aromatic N) is 2. The van der Waals surface area contributed by atoms with Gasteiger partial charge in [0.2, 0.25) is 5.91 Å². The quantitative estimate of drug-likeness (QED) is 0.741. The fourth-order valence-electron chi connectivity index (χ4n) is 2.92. The van der Waals surface area contributed by atoms with Crippen LogP contribution < -0.4 is 0 Å². The van der Waals surface area contributed by atoms with Gasteiger partial charge in [-0.05, 0) is 39.4 Å². The minimum absolute atomic E-state index is 0.137. The lowest BCUT2D eigenvalue weighted by molar-refractivity contribution is -0.139. The Balaban J connectivity index is 1.98. The van der Waals surface area contributed by atoms with Crippen LogP contribution in [0.3, 0.4) is 0 Å². The number of hydrogen-bond acceptors (Lipinski definition) is 5. The van der Waals surface area contributed by atoms with E-state index in [9.17, 15) is 4.79 Å². The number of hydrogen-bond donors (Lipinski definition) is 0. The van der Waals surface area contributed by atoms with E-state index in [1.165, 1.54) is 0 Å². The number of aromatic nitrogens is 1. The van der Waals surface area contributed by atoms with E-state index in [4.69, 9.17) is 4.74 Å². The number of ether oxygens (including phenoxy) is 1. The lowest BCUT2D eigenvalue weighted by atomic mass is 9.92. The van der Waals surface area contributed by atoms with E-state index in [1.807, 2.05) is 10.3 Å². The number of carbonyl (C=O) groups is 1. The van der Waals surface area contributed by atoms with E-state index in [0.29, 0.717) is 6.42 Å². The van der Waals surface area contributed by atoms with Gasteiger partial charge in [0.1, 0.15) is 4.34 Å². The molecular formula is C16H26N2O2S2. The third-order valence-corrected chi connectivity index (χ3v) is 5.86. The summed E-state index contributed by atoms with van der Waals surface area (Å²) in [5, 5.41) is 2.01. The normalized spacial score (nSPS) is 20.8. The van der Waals surface area contributed by atoms with E-state index in [0.717, 1.165) is 41.8 Å². The summed E-state index contributed by atoms with van der Waals surface area (Å²) in [7, 11) is 0. The molecule has 1 amide bonds. The molecule has 1 fully saturated rings. The summed E-state index contributed by atoms with van der Waals surface area (Å²) >= 11 is 3.36. The third-order valence-electron chi connectivity index (χ3n) is 3.90. The number of rotatable bonds is 6. The van der Waals surface area contributed by atoms with Crippen molar-refractivity contribution in [2.24, 2.45) is 0 Å². The first-order valence-corrected chi connectivity index (χ1v) is 9.82. The van der Waals surface area contributed by atoms with Crippen molar-refractivity contribution >= 4 is 29.0 Å². The maximum absolute atomic E-state index is 12.7. The smallest absolute Gasteiger partial charge is 0.228 e. The number of likely N-dealkylation sites (N-methyl/N-ethyl adjacent to an activating group) is 1. The van der Waals surface area contributed by atoms with Crippen LogP contribution in [0.15, 0.2) is 9.72 Å². The maximum Gasteiger partial charge on any atom is 0.228 e. The molecule has 0 aromatic carbocycles. The first kappa shape index (κ1) is 17.8. The van der Waals surface area contributed by atoms with E-state index in [-0.39, 0.29) is 17.6 Å². The van der Waals surface area contributed by atoms with Gasteiger partial charge >= 0.3 is 0 Å². The fourth-order valence-corrected chi connectivity index (χ4v) is 4.66. The van der Waals surface area contributed by atoms with Crippen LogP contribution in [0.1, 0.15) is 46.2 Å². The van der Waals surface area contributed by atoms with Crippen molar-refractivity contribution in [3.05, 3.63) is 11.1 Å². The largest absolute Gasteiger partial charge is 0.375 e. The van der Waals surface area contributed by atoms with E-state index < -0.39 is 0 Å². The molecule has 1 atom stereocenters. The Hall–Kier alpha value is -0.590. The number of thiazole rings is 1. The molecule has 6 heteroatoms. The first-order chi connectivity index (χ1) is 10.4. The molecule has 124 valence electrons. The van der Waals surface area contributed by atoms with Crippen molar-refractivity contribution in [1.82, 2.24) is 9.88 Å². The summed E-state index contributed by atoms with van der Waals surface area (Å²) < 4.78 is 6.82. The monoisotopic (exact) mass is 342 g/mol. The third kappa shape index (κ3) is 4.70. The summed E-state index contributed by atoms with van der Waals surface area (Å²) in [5.74, 6) is 1.20. The summed E-state index contributed by atoms with van der Waals surface area (Å²) in [6.07, 6.45) is 2.24.